The van der Waals surface area contributed by atoms with Crippen LogP contribution in [-0.4, -0.2) is 23.5 Å². The van der Waals surface area contributed by atoms with E-state index in [1.807, 2.05) is 0 Å². The minimum absolute atomic E-state index is 0.0499. The number of hydrogen-bond donors (Lipinski definition) is 3. The van der Waals surface area contributed by atoms with E-state index in [9.17, 15) is 9.59 Å². The molecule has 20 heavy (non-hydrogen) atoms. The molecule has 0 bridgehead atoms. The second kappa shape index (κ2) is 6.05. The molecule has 1 fully saturated rings. The third kappa shape index (κ3) is 3.17. The Morgan fingerprint density at radius 3 is 2.60 bits per heavy atom. The molecule has 0 aliphatic heterocycles. The number of rotatable bonds is 5. The molecule has 5 heteroatoms. The highest BCUT2D eigenvalue weighted by Crippen LogP contribution is 2.38. The van der Waals surface area contributed by atoms with Crippen LogP contribution < -0.4 is 11.1 Å². The number of carboxylic acid groups (broad SMARTS) is 1. The summed E-state index contributed by atoms with van der Waals surface area (Å²) in [7, 11) is 0. The molecule has 2 rings (SSSR count). The van der Waals surface area contributed by atoms with Gasteiger partial charge in [-0.25, -0.2) is 0 Å². The smallest absolute Gasteiger partial charge is 0.307 e. The maximum absolute atomic E-state index is 12.4. The van der Waals surface area contributed by atoms with Crippen molar-refractivity contribution >= 4 is 17.6 Å². The molecule has 0 saturated heterocycles. The van der Waals surface area contributed by atoms with Crippen LogP contribution in [0.3, 0.4) is 0 Å². The third-order valence-corrected chi connectivity index (χ3v) is 3.97. The zero-order valence-electron chi connectivity index (χ0n) is 11.4. The van der Waals surface area contributed by atoms with Gasteiger partial charge in [-0.2, -0.15) is 0 Å². The summed E-state index contributed by atoms with van der Waals surface area (Å²) >= 11 is 0. The van der Waals surface area contributed by atoms with Crippen molar-refractivity contribution in [2.24, 2.45) is 11.1 Å². The van der Waals surface area contributed by atoms with Gasteiger partial charge in [-0.1, -0.05) is 25.0 Å². The van der Waals surface area contributed by atoms with Crippen LogP contribution in [0.15, 0.2) is 24.3 Å². The summed E-state index contributed by atoms with van der Waals surface area (Å²) in [4.78, 5) is 23.1. The first-order valence-corrected chi connectivity index (χ1v) is 6.88. The summed E-state index contributed by atoms with van der Waals surface area (Å²) in [6, 6.07) is 6.95. The lowest BCUT2D eigenvalue weighted by molar-refractivity contribution is -0.136. The van der Waals surface area contributed by atoms with Crippen LogP contribution in [-0.2, 0) is 16.0 Å². The lowest BCUT2D eigenvalue weighted by Crippen LogP contribution is -2.40. The maximum Gasteiger partial charge on any atom is 0.307 e. The lowest BCUT2D eigenvalue weighted by atomic mass is 9.85. The minimum atomic E-state index is -0.886. The number of carbonyl (C=O) groups is 2. The predicted octanol–water partition coefficient (Wildman–Crippen LogP) is 1.77. The minimum Gasteiger partial charge on any atom is -0.481 e. The van der Waals surface area contributed by atoms with Gasteiger partial charge in [-0.05, 0) is 30.5 Å². The van der Waals surface area contributed by atoms with Gasteiger partial charge in [-0.15, -0.1) is 0 Å². The van der Waals surface area contributed by atoms with Crippen molar-refractivity contribution in [3.63, 3.8) is 0 Å². The molecular weight excluding hydrogens is 256 g/mol. The van der Waals surface area contributed by atoms with Crippen molar-refractivity contribution in [1.29, 1.82) is 0 Å². The van der Waals surface area contributed by atoms with E-state index in [2.05, 4.69) is 5.32 Å². The van der Waals surface area contributed by atoms with E-state index in [-0.39, 0.29) is 12.3 Å². The molecule has 0 unspecified atom stereocenters. The Morgan fingerprint density at radius 2 is 2.00 bits per heavy atom. The molecule has 1 saturated carbocycles. The number of benzene rings is 1. The summed E-state index contributed by atoms with van der Waals surface area (Å²) in [6.45, 7) is 0.355. The average molecular weight is 276 g/mol. The highest BCUT2D eigenvalue weighted by Gasteiger charge is 2.39. The van der Waals surface area contributed by atoms with Gasteiger partial charge in [0.1, 0.15) is 0 Å². The van der Waals surface area contributed by atoms with E-state index in [0.29, 0.717) is 17.8 Å². The first-order chi connectivity index (χ1) is 9.55. The standard InChI is InChI=1S/C15H20N2O3/c16-10-15(6-1-2-7-15)14(20)17-12-5-3-4-11(8-12)9-13(18)19/h3-5,8H,1-2,6-7,9-10,16H2,(H,17,20)(H,18,19). The van der Waals surface area contributed by atoms with Gasteiger partial charge in [0.2, 0.25) is 5.91 Å². The third-order valence-electron chi connectivity index (χ3n) is 3.97. The normalized spacial score (nSPS) is 16.9. The summed E-state index contributed by atoms with van der Waals surface area (Å²) in [6.07, 6.45) is 3.66. The van der Waals surface area contributed by atoms with Crippen LogP contribution in [0, 0.1) is 5.41 Å². The molecule has 1 aliphatic rings. The molecule has 4 N–H and O–H groups in total. The highest BCUT2D eigenvalue weighted by atomic mass is 16.4. The maximum atomic E-state index is 12.4. The quantitative estimate of drug-likeness (QED) is 0.764. The van der Waals surface area contributed by atoms with Gasteiger partial charge in [0.05, 0.1) is 11.8 Å². The Labute approximate surface area is 118 Å². The second-order valence-corrected chi connectivity index (χ2v) is 5.42. The van der Waals surface area contributed by atoms with E-state index >= 15 is 0 Å². The fourth-order valence-corrected chi connectivity index (χ4v) is 2.77. The van der Waals surface area contributed by atoms with Crippen molar-refractivity contribution in [2.45, 2.75) is 32.1 Å². The van der Waals surface area contributed by atoms with Gasteiger partial charge in [0, 0.05) is 12.2 Å². The molecule has 1 aliphatic carbocycles. The van der Waals surface area contributed by atoms with Crippen LogP contribution in [0.1, 0.15) is 31.2 Å². The summed E-state index contributed by atoms with van der Waals surface area (Å²) in [5.41, 5.74) is 6.63. The number of amides is 1. The van der Waals surface area contributed by atoms with Crippen LogP contribution in [0.4, 0.5) is 5.69 Å². The molecule has 5 nitrogen and oxygen atoms in total. The van der Waals surface area contributed by atoms with Crippen LogP contribution in [0.25, 0.3) is 0 Å². The number of aliphatic carboxylic acids is 1. The highest BCUT2D eigenvalue weighted by molar-refractivity contribution is 5.95. The lowest BCUT2D eigenvalue weighted by Gasteiger charge is -2.25. The topological polar surface area (TPSA) is 92.4 Å². The summed E-state index contributed by atoms with van der Waals surface area (Å²) in [5.74, 6) is -0.937. The number of hydrogen-bond acceptors (Lipinski definition) is 3. The van der Waals surface area contributed by atoms with Crippen molar-refractivity contribution < 1.29 is 14.7 Å². The molecule has 0 heterocycles. The fraction of sp³-hybridized carbons (Fsp3) is 0.467. The van der Waals surface area contributed by atoms with Gasteiger partial charge in [-0.3, -0.25) is 9.59 Å². The van der Waals surface area contributed by atoms with Gasteiger partial charge in [0.15, 0.2) is 0 Å². The van der Waals surface area contributed by atoms with Crippen molar-refractivity contribution in [2.75, 3.05) is 11.9 Å². The zero-order chi connectivity index (χ0) is 14.6. The second-order valence-electron chi connectivity index (χ2n) is 5.42. The molecule has 0 spiro atoms. The number of carbonyl (C=O) groups excluding carboxylic acids is 1. The Hall–Kier alpha value is -1.88. The van der Waals surface area contributed by atoms with E-state index < -0.39 is 11.4 Å². The van der Waals surface area contributed by atoms with E-state index in [0.717, 1.165) is 25.7 Å². The molecule has 0 aromatic heterocycles. The van der Waals surface area contributed by atoms with Crippen LogP contribution in [0.5, 0.6) is 0 Å². The van der Waals surface area contributed by atoms with E-state index in [1.54, 1.807) is 24.3 Å². The molecular formula is C15H20N2O3. The van der Waals surface area contributed by atoms with Gasteiger partial charge in [0.25, 0.3) is 0 Å². The van der Waals surface area contributed by atoms with Crippen LogP contribution in [0.2, 0.25) is 0 Å². The first kappa shape index (κ1) is 14.5. The Bertz CT molecular complexity index is 508. The number of carboxylic acids is 1. The summed E-state index contributed by atoms with van der Waals surface area (Å²) < 4.78 is 0. The van der Waals surface area contributed by atoms with Crippen LogP contribution >= 0.6 is 0 Å². The predicted molar refractivity (Wildman–Crippen MR) is 76.4 cm³/mol. The zero-order valence-corrected chi connectivity index (χ0v) is 11.4. The monoisotopic (exact) mass is 276 g/mol. The van der Waals surface area contributed by atoms with E-state index in [4.69, 9.17) is 10.8 Å². The Balaban J connectivity index is 2.09. The van der Waals surface area contributed by atoms with Crippen molar-refractivity contribution in [3.8, 4) is 0 Å². The molecule has 1 aromatic rings. The molecule has 108 valence electrons. The molecule has 0 radical (unpaired) electrons. The van der Waals surface area contributed by atoms with Gasteiger partial charge < -0.3 is 16.2 Å². The molecule has 0 atom stereocenters. The Kier molecular flexibility index (Phi) is 4.39. The molecule has 1 amide bonds. The number of anilines is 1. The van der Waals surface area contributed by atoms with Gasteiger partial charge >= 0.3 is 5.97 Å². The SMILES string of the molecule is NCC1(C(=O)Nc2cccc(CC(=O)O)c2)CCCC1. The molecule has 1 aromatic carbocycles. The first-order valence-electron chi connectivity index (χ1n) is 6.88. The number of nitrogens with two attached hydrogens (primary N) is 1. The van der Waals surface area contributed by atoms with Crippen molar-refractivity contribution in [1.82, 2.24) is 0 Å². The number of nitrogens with one attached hydrogen (secondary N) is 1. The average Bonchev–Trinajstić information content (AvgIpc) is 2.88. The fourth-order valence-electron chi connectivity index (χ4n) is 2.77. The van der Waals surface area contributed by atoms with Crippen molar-refractivity contribution in [3.05, 3.63) is 29.8 Å². The summed E-state index contributed by atoms with van der Waals surface area (Å²) in [5, 5.41) is 11.7. The Morgan fingerprint density at radius 1 is 1.30 bits per heavy atom. The van der Waals surface area contributed by atoms with E-state index in [1.165, 1.54) is 0 Å². The largest absolute Gasteiger partial charge is 0.481 e.